The van der Waals surface area contributed by atoms with Crippen LogP contribution in [0.15, 0.2) is 53.6 Å². The van der Waals surface area contributed by atoms with E-state index in [1.807, 2.05) is 6.07 Å². The largest absolute Gasteiger partial charge is 0.318 e. The number of tetrazole rings is 1. The van der Waals surface area contributed by atoms with E-state index in [0.717, 1.165) is 5.56 Å². The minimum absolute atomic E-state index is 0.292. The number of aromatic amines is 1. The highest BCUT2D eigenvalue weighted by atomic mass is 19.1. The van der Waals surface area contributed by atoms with Gasteiger partial charge in [-0.3, -0.25) is 9.78 Å². The summed E-state index contributed by atoms with van der Waals surface area (Å²) in [6, 6.07) is 9.03. The van der Waals surface area contributed by atoms with Crippen LogP contribution in [0, 0.1) is 5.82 Å². The number of hydrogen-bond acceptors (Lipinski definition) is 7. The Balaban J connectivity index is 1.82. The first-order valence-corrected chi connectivity index (χ1v) is 8.05. The molecular weight excluding hydrogens is 351 g/mol. The Labute approximate surface area is 150 Å². The second-order valence-electron chi connectivity index (χ2n) is 5.96. The van der Waals surface area contributed by atoms with Gasteiger partial charge in [0.2, 0.25) is 5.95 Å². The maximum atomic E-state index is 13.4. The predicted molar refractivity (Wildman–Crippen MR) is 92.8 cm³/mol. The van der Waals surface area contributed by atoms with E-state index in [4.69, 9.17) is 0 Å². The summed E-state index contributed by atoms with van der Waals surface area (Å²) in [5.41, 5.74) is 2.39. The van der Waals surface area contributed by atoms with E-state index in [9.17, 15) is 9.18 Å². The molecule has 27 heavy (non-hydrogen) atoms. The van der Waals surface area contributed by atoms with Gasteiger partial charge in [-0.1, -0.05) is 11.2 Å². The third-order valence-electron chi connectivity index (χ3n) is 4.39. The molecule has 4 aromatic rings. The topological polar surface area (TPSA) is 114 Å². The Morgan fingerprint density at radius 3 is 2.78 bits per heavy atom. The standard InChI is InChI=1S/C17H11FN8O/c18-11-5-3-9(4-6-11)13-12-14(16(27)22-21-13)20-17-23-24-25-26(17)15(12)10-2-1-7-19-8-10/h1-8,15H,(H,22,27)(H,20,23,25)/t15-/m1/s1. The lowest BCUT2D eigenvalue weighted by Gasteiger charge is -2.27. The SMILES string of the molecule is O=c1[nH]nc(-c2ccc(F)cc2)c2c1Nc1nnnn1[C@@H]2c1cccnc1. The van der Waals surface area contributed by atoms with Gasteiger partial charge in [-0.2, -0.15) is 9.78 Å². The fourth-order valence-electron chi connectivity index (χ4n) is 3.21. The monoisotopic (exact) mass is 362 g/mol. The van der Waals surface area contributed by atoms with Crippen LogP contribution in [-0.2, 0) is 0 Å². The molecule has 0 saturated carbocycles. The number of aromatic nitrogens is 7. The summed E-state index contributed by atoms with van der Waals surface area (Å²) in [6.45, 7) is 0. The van der Waals surface area contributed by atoms with Gasteiger partial charge in [0.1, 0.15) is 17.5 Å². The lowest BCUT2D eigenvalue weighted by atomic mass is 9.93. The summed E-state index contributed by atoms with van der Waals surface area (Å²) in [4.78, 5) is 16.6. The lowest BCUT2D eigenvalue weighted by molar-refractivity contribution is 0.566. The molecule has 1 aliphatic rings. The maximum absolute atomic E-state index is 13.4. The van der Waals surface area contributed by atoms with E-state index in [-0.39, 0.29) is 5.82 Å². The third kappa shape index (κ3) is 2.38. The Kier molecular flexibility index (Phi) is 3.29. The van der Waals surface area contributed by atoms with Gasteiger partial charge < -0.3 is 5.32 Å². The molecule has 9 nitrogen and oxygen atoms in total. The third-order valence-corrected chi connectivity index (χ3v) is 4.39. The molecule has 0 unspecified atom stereocenters. The smallest absolute Gasteiger partial charge is 0.288 e. The highest BCUT2D eigenvalue weighted by Gasteiger charge is 2.34. The van der Waals surface area contributed by atoms with E-state index in [1.54, 1.807) is 35.3 Å². The fourth-order valence-corrected chi connectivity index (χ4v) is 3.21. The molecule has 0 saturated heterocycles. The van der Waals surface area contributed by atoms with Crippen molar-refractivity contribution in [3.8, 4) is 11.3 Å². The molecule has 4 heterocycles. The van der Waals surface area contributed by atoms with Gasteiger partial charge in [0.25, 0.3) is 5.56 Å². The summed E-state index contributed by atoms with van der Waals surface area (Å²) in [7, 11) is 0. The first kappa shape index (κ1) is 15.3. The molecule has 0 amide bonds. The molecule has 0 fully saturated rings. The number of H-pyrrole nitrogens is 1. The van der Waals surface area contributed by atoms with Crippen molar-refractivity contribution in [1.29, 1.82) is 0 Å². The molecule has 0 bridgehead atoms. The second-order valence-corrected chi connectivity index (χ2v) is 5.96. The van der Waals surface area contributed by atoms with Crippen LogP contribution in [0.3, 0.4) is 0 Å². The summed E-state index contributed by atoms with van der Waals surface area (Å²) < 4.78 is 14.9. The van der Waals surface area contributed by atoms with Crippen molar-refractivity contribution in [3.63, 3.8) is 0 Å². The number of nitrogens with zero attached hydrogens (tertiary/aromatic N) is 6. The molecule has 1 atom stereocenters. The normalized spacial score (nSPS) is 14.9. The maximum Gasteiger partial charge on any atom is 0.288 e. The quantitative estimate of drug-likeness (QED) is 0.491. The first-order chi connectivity index (χ1) is 13.2. The van der Waals surface area contributed by atoms with E-state index in [2.05, 4.69) is 36.0 Å². The number of hydrogen-bond donors (Lipinski definition) is 2. The van der Waals surface area contributed by atoms with Crippen molar-refractivity contribution in [2.24, 2.45) is 0 Å². The van der Waals surface area contributed by atoms with Gasteiger partial charge in [-0.05, 0) is 46.3 Å². The number of nitrogens with one attached hydrogen (secondary N) is 2. The zero-order valence-electron chi connectivity index (χ0n) is 13.7. The Morgan fingerprint density at radius 2 is 2.00 bits per heavy atom. The lowest BCUT2D eigenvalue weighted by Crippen LogP contribution is -2.29. The number of pyridine rings is 1. The average molecular weight is 362 g/mol. The highest BCUT2D eigenvalue weighted by Crippen LogP contribution is 2.40. The molecule has 0 radical (unpaired) electrons. The Bertz CT molecular complexity index is 1190. The highest BCUT2D eigenvalue weighted by molar-refractivity contribution is 5.75. The van der Waals surface area contributed by atoms with E-state index in [0.29, 0.717) is 28.5 Å². The van der Waals surface area contributed by atoms with Crippen LogP contribution in [0.4, 0.5) is 16.0 Å². The van der Waals surface area contributed by atoms with Crippen LogP contribution in [0.2, 0.25) is 0 Å². The van der Waals surface area contributed by atoms with Gasteiger partial charge in [-0.25, -0.2) is 9.49 Å². The van der Waals surface area contributed by atoms with Crippen molar-refractivity contribution in [2.45, 2.75) is 6.04 Å². The van der Waals surface area contributed by atoms with Crippen LogP contribution >= 0.6 is 0 Å². The zero-order valence-corrected chi connectivity index (χ0v) is 13.7. The summed E-state index contributed by atoms with van der Waals surface area (Å²) in [5.74, 6) is -0.0279. The Morgan fingerprint density at radius 1 is 1.15 bits per heavy atom. The van der Waals surface area contributed by atoms with Gasteiger partial charge in [0.05, 0.1) is 5.69 Å². The second kappa shape index (κ2) is 5.80. The minimum Gasteiger partial charge on any atom is -0.318 e. The van der Waals surface area contributed by atoms with Gasteiger partial charge >= 0.3 is 0 Å². The van der Waals surface area contributed by atoms with Crippen LogP contribution < -0.4 is 10.9 Å². The van der Waals surface area contributed by atoms with Crippen LogP contribution in [0.1, 0.15) is 17.2 Å². The first-order valence-electron chi connectivity index (χ1n) is 8.05. The van der Waals surface area contributed by atoms with Gasteiger partial charge in [0, 0.05) is 23.5 Å². The molecule has 1 aliphatic heterocycles. The molecule has 132 valence electrons. The summed E-state index contributed by atoms with van der Waals surface area (Å²) >= 11 is 0. The number of anilines is 2. The van der Waals surface area contributed by atoms with Crippen molar-refractivity contribution >= 4 is 11.6 Å². The van der Waals surface area contributed by atoms with E-state index < -0.39 is 11.6 Å². The molecule has 10 heteroatoms. The summed E-state index contributed by atoms with van der Waals surface area (Å²) in [5, 5.41) is 21.4. The zero-order chi connectivity index (χ0) is 18.4. The number of fused-ring (bicyclic) bond motifs is 2. The van der Waals surface area contributed by atoms with Gasteiger partial charge in [0.15, 0.2) is 0 Å². The molecule has 3 aromatic heterocycles. The molecule has 1 aromatic carbocycles. The van der Waals surface area contributed by atoms with E-state index >= 15 is 0 Å². The fraction of sp³-hybridized carbons (Fsp3) is 0.0588. The van der Waals surface area contributed by atoms with Gasteiger partial charge in [-0.15, -0.1) is 0 Å². The molecular formula is C17H11FN8O. The van der Waals surface area contributed by atoms with E-state index in [1.165, 1.54) is 12.1 Å². The van der Waals surface area contributed by atoms with Crippen LogP contribution in [0.5, 0.6) is 0 Å². The number of benzene rings is 1. The summed E-state index contributed by atoms with van der Waals surface area (Å²) in [6.07, 6.45) is 3.34. The van der Waals surface area contributed by atoms with Crippen molar-refractivity contribution in [1.82, 2.24) is 35.4 Å². The Hall–Kier alpha value is -3.95. The number of halogens is 1. The van der Waals surface area contributed by atoms with Crippen molar-refractivity contribution in [2.75, 3.05) is 5.32 Å². The molecule has 5 rings (SSSR count). The van der Waals surface area contributed by atoms with Crippen LogP contribution in [-0.4, -0.2) is 35.4 Å². The predicted octanol–water partition coefficient (Wildman–Crippen LogP) is 1.65. The molecule has 0 aliphatic carbocycles. The molecule has 0 spiro atoms. The van der Waals surface area contributed by atoms with Crippen LogP contribution in [0.25, 0.3) is 11.3 Å². The van der Waals surface area contributed by atoms with Crippen molar-refractivity contribution < 1.29 is 4.39 Å². The number of rotatable bonds is 2. The average Bonchev–Trinajstić information content (AvgIpc) is 3.17. The molecule has 2 N–H and O–H groups in total. The minimum atomic E-state index is -0.519. The van der Waals surface area contributed by atoms with Crippen molar-refractivity contribution in [3.05, 3.63) is 76.1 Å².